The summed E-state index contributed by atoms with van der Waals surface area (Å²) >= 11 is 0. The first-order valence-corrected chi connectivity index (χ1v) is 28.2. The topological polar surface area (TPSA) is 78.9 Å². The summed E-state index contributed by atoms with van der Waals surface area (Å²) < 4.78 is 16.8. The minimum atomic E-state index is -0.785. The lowest BCUT2D eigenvalue weighted by Gasteiger charge is -2.18. The van der Waals surface area contributed by atoms with Gasteiger partial charge in [0, 0.05) is 19.3 Å². The van der Waals surface area contributed by atoms with Gasteiger partial charge in [-0.1, -0.05) is 281 Å². The number of carbonyl (C=O) groups excluding carboxylic acids is 3. The Kier molecular flexibility index (Phi) is 51.8. The van der Waals surface area contributed by atoms with Crippen LogP contribution in [0.5, 0.6) is 0 Å². The van der Waals surface area contributed by atoms with Gasteiger partial charge in [-0.15, -0.1) is 0 Å². The molecular weight excluding hydrogens is 805 g/mol. The van der Waals surface area contributed by atoms with Gasteiger partial charge in [0.25, 0.3) is 0 Å². The minimum Gasteiger partial charge on any atom is -0.462 e. The molecule has 0 radical (unpaired) electrons. The van der Waals surface area contributed by atoms with Crippen molar-refractivity contribution in [3.63, 3.8) is 0 Å². The molecule has 6 nitrogen and oxygen atoms in total. The number of allylic oxidation sites excluding steroid dienone is 8. The number of carbonyl (C=O) groups is 3. The van der Waals surface area contributed by atoms with Crippen molar-refractivity contribution in [2.75, 3.05) is 13.2 Å². The molecule has 6 heteroatoms. The normalized spacial score (nSPS) is 12.4. The summed E-state index contributed by atoms with van der Waals surface area (Å²) in [4.78, 5) is 38.1. The zero-order valence-electron chi connectivity index (χ0n) is 43.3. The highest BCUT2D eigenvalue weighted by molar-refractivity contribution is 5.71. The van der Waals surface area contributed by atoms with Gasteiger partial charge in [0.2, 0.25) is 0 Å². The van der Waals surface area contributed by atoms with E-state index < -0.39 is 6.10 Å². The fourth-order valence-electron chi connectivity index (χ4n) is 8.22. The second-order valence-corrected chi connectivity index (χ2v) is 18.9. The molecule has 378 valence electrons. The quantitative estimate of drug-likeness (QED) is 0.0262. The van der Waals surface area contributed by atoms with E-state index in [0.29, 0.717) is 19.3 Å². The highest BCUT2D eigenvalue weighted by atomic mass is 16.6. The smallest absolute Gasteiger partial charge is 0.306 e. The van der Waals surface area contributed by atoms with Crippen LogP contribution in [0.25, 0.3) is 0 Å². The Morgan fingerprint density at radius 1 is 0.323 bits per heavy atom. The summed E-state index contributed by atoms with van der Waals surface area (Å²) in [5, 5.41) is 0. The lowest BCUT2D eigenvalue weighted by Crippen LogP contribution is -2.30. The second kappa shape index (κ2) is 54.0. The average Bonchev–Trinajstić information content (AvgIpc) is 3.30. The van der Waals surface area contributed by atoms with Crippen LogP contribution in [0.2, 0.25) is 0 Å². The van der Waals surface area contributed by atoms with Crippen LogP contribution < -0.4 is 0 Å². The molecule has 0 spiro atoms. The average molecular weight is 911 g/mol. The molecule has 0 saturated carbocycles. The molecule has 0 amide bonds. The highest BCUT2D eigenvalue weighted by Gasteiger charge is 2.19. The van der Waals surface area contributed by atoms with E-state index >= 15 is 0 Å². The van der Waals surface area contributed by atoms with Gasteiger partial charge in [-0.2, -0.15) is 0 Å². The molecule has 1 unspecified atom stereocenters. The Bertz CT molecular complexity index is 1140. The monoisotopic (exact) mass is 911 g/mol. The van der Waals surface area contributed by atoms with Crippen LogP contribution in [0.15, 0.2) is 48.6 Å². The van der Waals surface area contributed by atoms with Crippen LogP contribution in [-0.2, 0) is 28.6 Å². The Morgan fingerprint density at radius 2 is 0.600 bits per heavy atom. The molecule has 0 aliphatic heterocycles. The van der Waals surface area contributed by atoms with Gasteiger partial charge in [-0.25, -0.2) is 0 Å². The fraction of sp³-hybridized carbons (Fsp3) is 0.814. The Hall–Kier alpha value is -2.63. The van der Waals surface area contributed by atoms with Gasteiger partial charge in [-0.3, -0.25) is 14.4 Å². The van der Waals surface area contributed by atoms with Gasteiger partial charge in [0.15, 0.2) is 6.10 Å². The number of ether oxygens (including phenoxy) is 3. The van der Waals surface area contributed by atoms with Crippen molar-refractivity contribution in [1.82, 2.24) is 0 Å². The van der Waals surface area contributed by atoms with Crippen LogP contribution in [0, 0.1) is 0 Å². The van der Waals surface area contributed by atoms with E-state index in [1.165, 1.54) is 180 Å². The first kappa shape index (κ1) is 62.4. The summed E-state index contributed by atoms with van der Waals surface area (Å²) in [6, 6.07) is 0. The maximum absolute atomic E-state index is 12.8. The molecule has 0 rings (SSSR count). The molecule has 0 bridgehead atoms. The molecule has 0 aromatic carbocycles. The van der Waals surface area contributed by atoms with Gasteiger partial charge < -0.3 is 14.2 Å². The molecule has 1 atom stereocenters. The minimum absolute atomic E-state index is 0.0815. The zero-order chi connectivity index (χ0) is 47.2. The largest absolute Gasteiger partial charge is 0.462 e. The third-order valence-corrected chi connectivity index (χ3v) is 12.4. The van der Waals surface area contributed by atoms with E-state index in [9.17, 15) is 14.4 Å². The summed E-state index contributed by atoms with van der Waals surface area (Å²) in [5.74, 6) is -0.906. The van der Waals surface area contributed by atoms with Crippen molar-refractivity contribution in [3.05, 3.63) is 48.6 Å². The van der Waals surface area contributed by atoms with Gasteiger partial charge in [0.05, 0.1) is 0 Å². The van der Waals surface area contributed by atoms with E-state index in [0.717, 1.165) is 70.6 Å². The van der Waals surface area contributed by atoms with Crippen LogP contribution in [0.1, 0.15) is 290 Å². The third kappa shape index (κ3) is 52.2. The van der Waals surface area contributed by atoms with Gasteiger partial charge >= 0.3 is 17.9 Å². The number of hydrogen-bond acceptors (Lipinski definition) is 6. The summed E-state index contributed by atoms with van der Waals surface area (Å²) in [6.07, 6.45) is 65.3. The molecule has 0 aromatic rings. The molecule has 0 N–H and O–H groups in total. The predicted molar refractivity (Wildman–Crippen MR) is 279 cm³/mol. The molecular formula is C59H106O6. The van der Waals surface area contributed by atoms with Gasteiger partial charge in [0.1, 0.15) is 13.2 Å². The fourth-order valence-corrected chi connectivity index (χ4v) is 8.22. The molecule has 0 aliphatic carbocycles. The Balaban J connectivity index is 4.35. The number of hydrogen-bond donors (Lipinski definition) is 0. The van der Waals surface area contributed by atoms with Crippen molar-refractivity contribution in [1.29, 1.82) is 0 Å². The molecule has 0 aliphatic rings. The van der Waals surface area contributed by atoms with E-state index in [1.54, 1.807) is 0 Å². The van der Waals surface area contributed by atoms with Crippen molar-refractivity contribution in [2.45, 2.75) is 297 Å². The van der Waals surface area contributed by atoms with E-state index in [4.69, 9.17) is 14.2 Å². The van der Waals surface area contributed by atoms with Crippen LogP contribution >= 0.6 is 0 Å². The Morgan fingerprint density at radius 3 is 0.938 bits per heavy atom. The van der Waals surface area contributed by atoms with Crippen LogP contribution in [0.3, 0.4) is 0 Å². The van der Waals surface area contributed by atoms with E-state index in [2.05, 4.69) is 39.0 Å². The summed E-state index contributed by atoms with van der Waals surface area (Å²) in [5.41, 5.74) is 0. The van der Waals surface area contributed by atoms with Crippen molar-refractivity contribution < 1.29 is 28.6 Å². The van der Waals surface area contributed by atoms with Crippen LogP contribution in [-0.4, -0.2) is 37.2 Å². The SMILES string of the molecule is CC/C=C/C=C/C=C/C=C/CCCCCC(=O)OCC(COC(=O)CCCCCCCCCCCCCCCCCCCC)OC(=O)CCCCCCCCCCCCCCCCCC. The predicted octanol–water partition coefficient (Wildman–Crippen LogP) is 18.7. The van der Waals surface area contributed by atoms with Crippen molar-refractivity contribution in [2.24, 2.45) is 0 Å². The molecule has 0 fully saturated rings. The second-order valence-electron chi connectivity index (χ2n) is 18.9. The first-order valence-electron chi connectivity index (χ1n) is 28.2. The first-order chi connectivity index (χ1) is 32.0. The standard InChI is InChI=1S/C59H106O6/c1-4-7-10-13-16-19-22-25-27-29-30-32-34-37-40-43-46-49-52-58(61)64-55-56(54-63-57(60)51-48-45-42-39-36-33-24-21-18-15-12-9-6-3)65-59(62)53-50-47-44-41-38-35-31-28-26-23-20-17-14-11-8-5-2/h9,12,15,18,21,24,33,36,56H,4-8,10-11,13-14,16-17,19-20,22-23,25-32,34-35,37-55H2,1-3H3/b12-9+,18-15+,24-21+,36-33+. The molecule has 0 heterocycles. The van der Waals surface area contributed by atoms with Crippen LogP contribution in [0.4, 0.5) is 0 Å². The van der Waals surface area contributed by atoms with E-state index in [-0.39, 0.29) is 31.1 Å². The summed E-state index contributed by atoms with van der Waals surface area (Å²) in [6.45, 7) is 6.51. The van der Waals surface area contributed by atoms with Crippen molar-refractivity contribution in [3.8, 4) is 0 Å². The highest BCUT2D eigenvalue weighted by Crippen LogP contribution is 2.17. The third-order valence-electron chi connectivity index (χ3n) is 12.4. The van der Waals surface area contributed by atoms with Gasteiger partial charge in [-0.05, 0) is 38.5 Å². The maximum atomic E-state index is 12.8. The molecule has 0 aromatic heterocycles. The lowest BCUT2D eigenvalue weighted by molar-refractivity contribution is -0.167. The van der Waals surface area contributed by atoms with Crippen molar-refractivity contribution >= 4 is 17.9 Å². The molecule has 65 heavy (non-hydrogen) atoms. The number of esters is 3. The number of rotatable bonds is 51. The summed E-state index contributed by atoms with van der Waals surface area (Å²) in [7, 11) is 0. The van der Waals surface area contributed by atoms with E-state index in [1.807, 2.05) is 30.4 Å². The molecule has 0 saturated heterocycles. The lowest BCUT2D eigenvalue weighted by atomic mass is 10.0. The number of unbranched alkanes of at least 4 members (excludes halogenated alkanes) is 35. The maximum Gasteiger partial charge on any atom is 0.306 e. The Labute approximate surface area is 403 Å². The zero-order valence-corrected chi connectivity index (χ0v) is 43.3.